The van der Waals surface area contributed by atoms with Gasteiger partial charge in [-0.25, -0.2) is 0 Å². The molecule has 0 saturated carbocycles. The summed E-state index contributed by atoms with van der Waals surface area (Å²) in [6.45, 7) is 0. The Morgan fingerprint density at radius 3 is 2.40 bits per heavy atom. The van der Waals surface area contributed by atoms with Crippen molar-refractivity contribution in [3.05, 3.63) is 11.4 Å². The van der Waals surface area contributed by atoms with Gasteiger partial charge in [0.1, 0.15) is 9.90 Å². The van der Waals surface area contributed by atoms with E-state index >= 15 is 0 Å². The smallest absolute Gasteiger partial charge is 0.335 e. The van der Waals surface area contributed by atoms with E-state index in [9.17, 15) is 12.3 Å². The molecule has 0 amide bonds. The van der Waals surface area contributed by atoms with E-state index in [2.05, 4.69) is 0 Å². The summed E-state index contributed by atoms with van der Waals surface area (Å²) in [7, 11) is -4.60. The zero-order valence-electron chi connectivity index (χ0n) is 4.74. The van der Waals surface area contributed by atoms with Crippen LogP contribution in [0.2, 0.25) is 0 Å². The first-order valence-corrected chi connectivity index (χ1v) is 4.56. The van der Waals surface area contributed by atoms with Crippen LogP contribution in [0.4, 0.5) is 8.89 Å². The Bertz CT molecular complexity index is 329. The third-order valence-corrected chi connectivity index (χ3v) is 2.68. The summed E-state index contributed by atoms with van der Waals surface area (Å²) < 4.78 is 32.5. The summed E-state index contributed by atoms with van der Waals surface area (Å²) in [6, 6.07) is 1.13. The number of hydrogen-bond acceptors (Lipinski definition) is 4. The van der Waals surface area contributed by atoms with Crippen LogP contribution in [-0.2, 0) is 10.2 Å². The largest absolute Gasteiger partial charge is 0.389 e. The molecule has 1 heterocycles. The molecule has 3 nitrogen and oxygen atoms in total. The zero-order valence-corrected chi connectivity index (χ0v) is 6.38. The van der Waals surface area contributed by atoms with Crippen LogP contribution in [0.25, 0.3) is 0 Å². The summed E-state index contributed by atoms with van der Waals surface area (Å²) in [5.41, 5.74) is 5.13. The molecule has 0 unspecified atom stereocenters. The van der Waals surface area contributed by atoms with E-state index in [0.717, 1.165) is 17.4 Å². The van der Waals surface area contributed by atoms with Gasteiger partial charge in [0.2, 0.25) is 0 Å². The highest BCUT2D eigenvalue weighted by Crippen LogP contribution is 2.25. The van der Waals surface area contributed by atoms with Crippen molar-refractivity contribution < 1.29 is 12.3 Å². The zero-order chi connectivity index (χ0) is 7.78. The summed E-state index contributed by atoms with van der Waals surface area (Å²) in [5.74, 6) is 0. The second-order valence-corrected chi connectivity index (χ2v) is 3.85. The number of thiophene rings is 1. The predicted octanol–water partition coefficient (Wildman–Crippen LogP) is 0.989. The SMILES string of the molecule is Nc1sccc1S(=O)(=O)F. The topological polar surface area (TPSA) is 60.2 Å². The average molecular weight is 181 g/mol. The molecular weight excluding hydrogens is 177 g/mol. The van der Waals surface area contributed by atoms with Gasteiger partial charge in [-0.1, -0.05) is 0 Å². The molecule has 1 aromatic heterocycles. The summed E-state index contributed by atoms with van der Waals surface area (Å²) in [5, 5.41) is 1.41. The van der Waals surface area contributed by atoms with Gasteiger partial charge in [-0.15, -0.1) is 15.2 Å². The number of nitrogens with two attached hydrogens (primary N) is 1. The normalized spacial score (nSPS) is 11.7. The fraction of sp³-hybridized carbons (Fsp3) is 0. The average Bonchev–Trinajstić information content (AvgIpc) is 2.11. The van der Waals surface area contributed by atoms with Crippen molar-refractivity contribution in [1.29, 1.82) is 0 Å². The Labute approximate surface area is 61.5 Å². The van der Waals surface area contributed by atoms with Gasteiger partial charge in [0.25, 0.3) is 0 Å². The van der Waals surface area contributed by atoms with Crippen molar-refractivity contribution >= 4 is 26.6 Å². The third-order valence-electron chi connectivity index (χ3n) is 0.920. The van der Waals surface area contributed by atoms with E-state index in [1.807, 2.05) is 0 Å². The lowest BCUT2D eigenvalue weighted by Crippen LogP contribution is -1.93. The summed E-state index contributed by atoms with van der Waals surface area (Å²) in [6.07, 6.45) is 0. The molecule has 0 aliphatic carbocycles. The van der Waals surface area contributed by atoms with Gasteiger partial charge < -0.3 is 5.73 Å². The fourth-order valence-corrected chi connectivity index (χ4v) is 2.05. The second kappa shape index (κ2) is 2.21. The Kier molecular flexibility index (Phi) is 1.65. The van der Waals surface area contributed by atoms with Gasteiger partial charge in [0.05, 0.1) is 0 Å². The van der Waals surface area contributed by atoms with Crippen molar-refractivity contribution in [1.82, 2.24) is 0 Å². The molecule has 0 atom stereocenters. The molecule has 6 heteroatoms. The lowest BCUT2D eigenvalue weighted by atomic mass is 10.6. The molecule has 1 aromatic rings. The molecule has 2 N–H and O–H groups in total. The van der Waals surface area contributed by atoms with E-state index in [1.165, 1.54) is 5.38 Å². The highest BCUT2D eigenvalue weighted by molar-refractivity contribution is 7.86. The molecule has 56 valence electrons. The maximum atomic E-state index is 12.1. The first-order chi connectivity index (χ1) is 4.52. The van der Waals surface area contributed by atoms with Crippen molar-refractivity contribution in [3.63, 3.8) is 0 Å². The lowest BCUT2D eigenvalue weighted by molar-refractivity contribution is 0.553. The maximum absolute atomic E-state index is 12.1. The van der Waals surface area contributed by atoms with Crippen molar-refractivity contribution in [2.24, 2.45) is 0 Å². The second-order valence-electron chi connectivity index (χ2n) is 1.59. The number of hydrogen-bond donors (Lipinski definition) is 1. The van der Waals surface area contributed by atoms with Crippen LogP contribution in [0.5, 0.6) is 0 Å². The Balaban J connectivity index is 3.32. The van der Waals surface area contributed by atoms with Gasteiger partial charge in [-0.2, -0.15) is 8.42 Å². The molecule has 0 aliphatic rings. The molecule has 10 heavy (non-hydrogen) atoms. The first-order valence-electron chi connectivity index (χ1n) is 2.29. The molecule has 1 rings (SSSR count). The third kappa shape index (κ3) is 1.27. The minimum Gasteiger partial charge on any atom is -0.389 e. The molecule has 0 spiro atoms. The van der Waals surface area contributed by atoms with Crippen LogP contribution in [0.3, 0.4) is 0 Å². The van der Waals surface area contributed by atoms with Crippen LogP contribution < -0.4 is 5.73 Å². The maximum Gasteiger partial charge on any atom is 0.335 e. The fourth-order valence-electron chi connectivity index (χ4n) is 0.511. The standard InChI is InChI=1S/C4H4FNO2S2/c5-10(7,8)3-1-2-9-4(3)6/h1-2H,6H2. The number of nitrogen functional groups attached to an aromatic ring is 1. The number of anilines is 1. The van der Waals surface area contributed by atoms with E-state index in [1.54, 1.807) is 0 Å². The van der Waals surface area contributed by atoms with Crippen LogP contribution in [0.15, 0.2) is 16.3 Å². The first kappa shape index (κ1) is 7.49. The molecule has 0 aromatic carbocycles. The minimum atomic E-state index is -4.60. The van der Waals surface area contributed by atoms with Crippen LogP contribution in [0, 0.1) is 0 Å². The molecule has 0 bridgehead atoms. The number of halogens is 1. The highest BCUT2D eigenvalue weighted by atomic mass is 32.3. The van der Waals surface area contributed by atoms with E-state index in [-0.39, 0.29) is 5.00 Å². The van der Waals surface area contributed by atoms with Crippen molar-refractivity contribution in [2.75, 3.05) is 5.73 Å². The molecule has 0 aliphatic heterocycles. The molecular formula is C4H4FNO2S2. The van der Waals surface area contributed by atoms with Gasteiger partial charge in [0.15, 0.2) is 0 Å². The number of rotatable bonds is 1. The van der Waals surface area contributed by atoms with Crippen molar-refractivity contribution in [3.8, 4) is 0 Å². The van der Waals surface area contributed by atoms with Gasteiger partial charge in [0, 0.05) is 0 Å². The van der Waals surface area contributed by atoms with E-state index < -0.39 is 15.1 Å². The van der Waals surface area contributed by atoms with Gasteiger partial charge in [-0.3, -0.25) is 0 Å². The van der Waals surface area contributed by atoms with Crippen LogP contribution in [-0.4, -0.2) is 8.42 Å². The Morgan fingerprint density at radius 1 is 1.60 bits per heavy atom. The van der Waals surface area contributed by atoms with Crippen LogP contribution >= 0.6 is 11.3 Å². The Morgan fingerprint density at radius 2 is 2.20 bits per heavy atom. The van der Waals surface area contributed by atoms with Crippen LogP contribution in [0.1, 0.15) is 0 Å². The molecule has 0 saturated heterocycles. The molecule has 0 radical (unpaired) electrons. The molecule has 0 fully saturated rings. The predicted molar refractivity (Wildman–Crippen MR) is 37.0 cm³/mol. The summed E-state index contributed by atoms with van der Waals surface area (Å²) in [4.78, 5) is -0.433. The van der Waals surface area contributed by atoms with E-state index in [0.29, 0.717) is 0 Å². The lowest BCUT2D eigenvalue weighted by Gasteiger charge is -1.88. The minimum absolute atomic E-state index is 0.0116. The monoisotopic (exact) mass is 181 g/mol. The van der Waals surface area contributed by atoms with Gasteiger partial charge >= 0.3 is 10.2 Å². The van der Waals surface area contributed by atoms with Gasteiger partial charge in [-0.05, 0) is 11.4 Å². The quantitative estimate of drug-likeness (QED) is 0.657. The Hall–Kier alpha value is -0.620. The summed E-state index contributed by atoms with van der Waals surface area (Å²) >= 11 is 0.990. The van der Waals surface area contributed by atoms with Crippen molar-refractivity contribution in [2.45, 2.75) is 4.90 Å². The van der Waals surface area contributed by atoms with E-state index in [4.69, 9.17) is 5.73 Å². The highest BCUT2D eigenvalue weighted by Gasteiger charge is 2.15.